The number of aryl methyl sites for hydroxylation is 1. The van der Waals surface area contributed by atoms with E-state index in [1.165, 1.54) is 24.7 Å². The summed E-state index contributed by atoms with van der Waals surface area (Å²) in [7, 11) is 1.66. The number of amides is 1. The summed E-state index contributed by atoms with van der Waals surface area (Å²) in [6.45, 7) is 1.73. The Hall–Kier alpha value is -4.61. The van der Waals surface area contributed by atoms with Crippen LogP contribution in [0.2, 0.25) is 0 Å². The van der Waals surface area contributed by atoms with E-state index in [4.69, 9.17) is 4.74 Å². The third-order valence-corrected chi connectivity index (χ3v) is 5.01. The molecule has 4 aromatic rings. The lowest BCUT2D eigenvalue weighted by atomic mass is 10.1. The highest BCUT2D eigenvalue weighted by Gasteiger charge is 2.31. The molecule has 0 saturated heterocycles. The van der Waals surface area contributed by atoms with Crippen LogP contribution in [0.1, 0.15) is 21.5 Å². The Labute approximate surface area is 202 Å². The summed E-state index contributed by atoms with van der Waals surface area (Å²) in [5.41, 5.74) is -0.561. The van der Waals surface area contributed by atoms with Gasteiger partial charge >= 0.3 is 6.18 Å². The van der Waals surface area contributed by atoms with E-state index in [1.54, 1.807) is 32.2 Å². The van der Waals surface area contributed by atoms with Crippen molar-refractivity contribution in [3.8, 4) is 23.0 Å². The van der Waals surface area contributed by atoms with E-state index < -0.39 is 29.2 Å². The first-order chi connectivity index (χ1) is 17.2. The van der Waals surface area contributed by atoms with E-state index in [9.17, 15) is 22.4 Å². The summed E-state index contributed by atoms with van der Waals surface area (Å²) >= 11 is 0. The maximum absolute atomic E-state index is 14.1. The lowest BCUT2D eigenvalue weighted by Gasteiger charge is -2.14. The third-order valence-electron chi connectivity index (χ3n) is 5.01. The van der Waals surface area contributed by atoms with E-state index >= 15 is 0 Å². The van der Waals surface area contributed by atoms with Crippen LogP contribution in [0.15, 0.2) is 61.1 Å². The molecule has 0 saturated carbocycles. The Kier molecular flexibility index (Phi) is 6.77. The number of hydrogen-bond acceptors (Lipinski definition) is 7. The van der Waals surface area contributed by atoms with Gasteiger partial charge in [-0.1, -0.05) is 6.07 Å². The zero-order valence-electron chi connectivity index (χ0n) is 18.9. The van der Waals surface area contributed by atoms with Gasteiger partial charge in [0.05, 0.1) is 16.8 Å². The number of carbonyl (C=O) groups excluding carboxylic acids is 1. The first-order valence-corrected chi connectivity index (χ1v) is 10.4. The van der Waals surface area contributed by atoms with Gasteiger partial charge in [-0.05, 0) is 55.0 Å². The molecule has 4 rings (SSSR count). The van der Waals surface area contributed by atoms with Gasteiger partial charge in [0.1, 0.15) is 17.9 Å². The van der Waals surface area contributed by atoms with Gasteiger partial charge < -0.3 is 15.4 Å². The summed E-state index contributed by atoms with van der Waals surface area (Å²) in [5, 5.41) is 4.99. The maximum Gasteiger partial charge on any atom is 0.416 e. The number of nitrogens with zero attached hydrogens (tertiary/aromatic N) is 4. The SMILES string of the molecule is CNc1ncnc(-c2cccnc2Oc2cc(C(=O)Nc3cc(C(F)(F)F)ccc3F)ccc2C)n1. The molecule has 0 spiro atoms. The smallest absolute Gasteiger partial charge is 0.416 e. The molecule has 0 unspecified atom stereocenters. The van der Waals surface area contributed by atoms with E-state index in [0.717, 1.165) is 0 Å². The molecular weight excluding hydrogens is 480 g/mol. The maximum atomic E-state index is 14.1. The van der Waals surface area contributed by atoms with Gasteiger partial charge in [-0.15, -0.1) is 0 Å². The Morgan fingerprint density at radius 3 is 2.58 bits per heavy atom. The molecule has 2 heterocycles. The summed E-state index contributed by atoms with van der Waals surface area (Å²) in [6.07, 6.45) is -1.86. The molecule has 2 aromatic heterocycles. The lowest BCUT2D eigenvalue weighted by molar-refractivity contribution is -0.137. The fourth-order valence-electron chi connectivity index (χ4n) is 3.14. The molecule has 1 amide bonds. The van der Waals surface area contributed by atoms with Crippen molar-refractivity contribution in [1.29, 1.82) is 0 Å². The van der Waals surface area contributed by atoms with Crippen LogP contribution in [0.5, 0.6) is 11.6 Å². The van der Waals surface area contributed by atoms with E-state index in [2.05, 4.69) is 30.6 Å². The standard InChI is InChI=1S/C24H18F4N6O2/c1-13-5-6-14(21(35)33-18-11-15(24(26,27)28)7-8-17(18)25)10-19(13)36-22-16(4-3-9-30-22)20-31-12-32-23(29-2)34-20/h3-12H,1-2H3,(H,33,35)(H,29,31,32,34). The number of rotatable bonds is 6. The fourth-order valence-corrected chi connectivity index (χ4v) is 3.14. The van der Waals surface area contributed by atoms with E-state index in [0.29, 0.717) is 41.1 Å². The number of nitrogens with one attached hydrogen (secondary N) is 2. The van der Waals surface area contributed by atoms with Gasteiger partial charge in [-0.3, -0.25) is 4.79 Å². The largest absolute Gasteiger partial charge is 0.438 e. The minimum Gasteiger partial charge on any atom is -0.438 e. The topological polar surface area (TPSA) is 102 Å². The summed E-state index contributed by atoms with van der Waals surface area (Å²) < 4.78 is 59.0. The van der Waals surface area contributed by atoms with Gasteiger partial charge in [-0.25, -0.2) is 19.3 Å². The second-order valence-electron chi connectivity index (χ2n) is 7.47. The van der Waals surface area contributed by atoms with Crippen molar-refractivity contribution in [1.82, 2.24) is 19.9 Å². The average Bonchev–Trinajstić information content (AvgIpc) is 2.86. The van der Waals surface area contributed by atoms with Crippen LogP contribution < -0.4 is 15.4 Å². The molecule has 0 atom stereocenters. The van der Waals surface area contributed by atoms with Crippen molar-refractivity contribution in [3.63, 3.8) is 0 Å². The highest BCUT2D eigenvalue weighted by molar-refractivity contribution is 6.04. The molecule has 184 valence electrons. The predicted octanol–water partition coefficient (Wildman–Crippen LogP) is 5.49. The fraction of sp³-hybridized carbons (Fsp3) is 0.125. The van der Waals surface area contributed by atoms with Crippen molar-refractivity contribution in [2.75, 3.05) is 17.7 Å². The minimum absolute atomic E-state index is 0.0301. The van der Waals surface area contributed by atoms with Crippen LogP contribution in [0.4, 0.5) is 29.2 Å². The number of benzene rings is 2. The van der Waals surface area contributed by atoms with Crippen LogP contribution in [0.25, 0.3) is 11.4 Å². The number of alkyl halides is 3. The van der Waals surface area contributed by atoms with Crippen LogP contribution in [0, 0.1) is 12.7 Å². The second kappa shape index (κ2) is 9.94. The first-order valence-electron chi connectivity index (χ1n) is 10.4. The molecule has 12 heteroatoms. The van der Waals surface area contributed by atoms with Crippen molar-refractivity contribution in [3.05, 3.63) is 83.6 Å². The number of carbonyl (C=O) groups is 1. The molecule has 0 fully saturated rings. The summed E-state index contributed by atoms with van der Waals surface area (Å²) in [6, 6.07) is 9.54. The number of aromatic nitrogens is 4. The Balaban J connectivity index is 1.62. The molecule has 0 aliphatic rings. The van der Waals surface area contributed by atoms with Crippen molar-refractivity contribution >= 4 is 17.5 Å². The first kappa shape index (κ1) is 24.5. The van der Waals surface area contributed by atoms with Gasteiger partial charge in [0.15, 0.2) is 5.82 Å². The monoisotopic (exact) mass is 498 g/mol. The predicted molar refractivity (Wildman–Crippen MR) is 123 cm³/mol. The Morgan fingerprint density at radius 1 is 1.03 bits per heavy atom. The van der Waals surface area contributed by atoms with Crippen LogP contribution in [-0.2, 0) is 6.18 Å². The molecule has 2 N–H and O–H groups in total. The quantitative estimate of drug-likeness (QED) is 0.339. The average molecular weight is 498 g/mol. The van der Waals surface area contributed by atoms with Crippen molar-refractivity contribution in [2.45, 2.75) is 13.1 Å². The number of ether oxygens (including phenoxy) is 1. The van der Waals surface area contributed by atoms with Gasteiger partial charge in [-0.2, -0.15) is 18.2 Å². The number of pyridine rings is 1. The Morgan fingerprint density at radius 2 is 1.83 bits per heavy atom. The van der Waals surface area contributed by atoms with Gasteiger partial charge in [0, 0.05) is 18.8 Å². The normalized spacial score (nSPS) is 11.2. The summed E-state index contributed by atoms with van der Waals surface area (Å²) in [4.78, 5) is 29.4. The molecule has 36 heavy (non-hydrogen) atoms. The molecule has 0 aliphatic carbocycles. The van der Waals surface area contributed by atoms with Crippen LogP contribution in [0.3, 0.4) is 0 Å². The highest BCUT2D eigenvalue weighted by Crippen LogP contribution is 2.33. The van der Waals surface area contributed by atoms with Gasteiger partial charge in [0.25, 0.3) is 5.91 Å². The van der Waals surface area contributed by atoms with E-state index in [1.807, 2.05) is 0 Å². The van der Waals surface area contributed by atoms with Crippen LogP contribution >= 0.6 is 0 Å². The molecule has 0 aliphatic heterocycles. The van der Waals surface area contributed by atoms with Crippen molar-refractivity contribution < 1.29 is 27.1 Å². The second-order valence-corrected chi connectivity index (χ2v) is 7.47. The number of halogens is 4. The molecular formula is C24H18F4N6O2. The Bertz CT molecular complexity index is 1430. The zero-order chi connectivity index (χ0) is 25.9. The summed E-state index contributed by atoms with van der Waals surface area (Å²) in [5.74, 6) is -0.798. The highest BCUT2D eigenvalue weighted by atomic mass is 19.4. The van der Waals surface area contributed by atoms with Crippen molar-refractivity contribution in [2.24, 2.45) is 0 Å². The lowest BCUT2D eigenvalue weighted by Crippen LogP contribution is -2.14. The zero-order valence-corrected chi connectivity index (χ0v) is 18.9. The minimum atomic E-state index is -4.69. The molecule has 2 aromatic carbocycles. The molecule has 8 nitrogen and oxygen atoms in total. The molecule has 0 radical (unpaired) electrons. The van der Waals surface area contributed by atoms with E-state index in [-0.39, 0.29) is 17.2 Å². The third kappa shape index (κ3) is 5.37. The van der Waals surface area contributed by atoms with Gasteiger partial charge in [0.2, 0.25) is 11.8 Å². The number of hydrogen-bond donors (Lipinski definition) is 2. The molecule has 0 bridgehead atoms. The number of anilines is 2. The van der Waals surface area contributed by atoms with Crippen LogP contribution in [-0.4, -0.2) is 32.9 Å².